The largest absolute Gasteiger partial charge is 0.497 e. The maximum absolute atomic E-state index is 14.7. The van der Waals surface area contributed by atoms with Crippen molar-refractivity contribution in [3.63, 3.8) is 0 Å². The number of hydrogen-bond acceptors (Lipinski definition) is 18. The number of sulfonamides is 2. The number of pyridine rings is 4. The van der Waals surface area contributed by atoms with Crippen molar-refractivity contribution in [2.45, 2.75) is 52.4 Å². The number of amides is 2. The summed E-state index contributed by atoms with van der Waals surface area (Å²) in [6.45, 7) is 8.17. The van der Waals surface area contributed by atoms with E-state index < -0.39 is 44.3 Å². The Morgan fingerprint density at radius 3 is 1.54 bits per heavy atom. The van der Waals surface area contributed by atoms with Gasteiger partial charge in [0.15, 0.2) is 13.5 Å². The van der Waals surface area contributed by atoms with Gasteiger partial charge in [-0.2, -0.15) is 0 Å². The third-order valence-electron chi connectivity index (χ3n) is 18.1. The van der Waals surface area contributed by atoms with Gasteiger partial charge in [-0.05, 0) is 113 Å². The summed E-state index contributed by atoms with van der Waals surface area (Å²) >= 11 is 5.92. The lowest BCUT2D eigenvalue weighted by Gasteiger charge is -2.32. The van der Waals surface area contributed by atoms with Crippen LogP contribution in [0.1, 0.15) is 48.4 Å². The molecule has 30 heteroatoms. The first kappa shape index (κ1) is 68.0. The van der Waals surface area contributed by atoms with Crippen molar-refractivity contribution < 1.29 is 72.3 Å². The number of hydrogen-bond donors (Lipinski definition) is 2. The van der Waals surface area contributed by atoms with Crippen molar-refractivity contribution in [3.05, 3.63) is 162 Å². The van der Waals surface area contributed by atoms with E-state index in [1.807, 2.05) is 49.0 Å². The number of fused-ring (bicyclic) bond motifs is 12. The number of halogens is 3. The molecule has 0 radical (unpaired) electrons. The Labute approximate surface area is 577 Å². The van der Waals surface area contributed by atoms with Gasteiger partial charge in [-0.3, -0.25) is 18.2 Å². The Morgan fingerprint density at radius 2 is 1.06 bits per heavy atom. The quantitative estimate of drug-likeness (QED) is 0.0849. The van der Waals surface area contributed by atoms with Crippen LogP contribution in [-0.4, -0.2) is 131 Å². The molecule has 2 N–H and O–H groups in total. The van der Waals surface area contributed by atoms with E-state index in [-0.39, 0.29) is 52.4 Å². The van der Waals surface area contributed by atoms with Gasteiger partial charge in [-0.25, -0.2) is 45.6 Å². The second kappa shape index (κ2) is 25.6. The van der Waals surface area contributed by atoms with E-state index in [4.69, 9.17) is 53.7 Å². The highest BCUT2D eigenvalue weighted by Crippen LogP contribution is 2.46. The Morgan fingerprint density at radius 1 is 0.600 bits per heavy atom. The van der Waals surface area contributed by atoms with Crippen LogP contribution in [0.2, 0.25) is 5.15 Å². The van der Waals surface area contributed by atoms with Crippen molar-refractivity contribution in [3.8, 4) is 79.9 Å². The van der Waals surface area contributed by atoms with E-state index in [2.05, 4.69) is 25.6 Å². The maximum atomic E-state index is 14.7. The topological polar surface area (TPSA) is 276 Å². The van der Waals surface area contributed by atoms with Gasteiger partial charge >= 0.3 is 7.12 Å². The fourth-order valence-corrected chi connectivity index (χ4v) is 13.2. The van der Waals surface area contributed by atoms with Gasteiger partial charge in [-0.1, -0.05) is 23.7 Å². The number of carbonyl (C=O) groups excluding carboxylic acids is 2. The molecule has 0 saturated carbocycles. The number of nitrogens with zero attached hydrogens (tertiary/aromatic N) is 8. The van der Waals surface area contributed by atoms with Crippen LogP contribution in [-0.2, 0) is 42.8 Å². The number of rotatable bonds is 12. The molecule has 3 aliphatic heterocycles. The van der Waals surface area contributed by atoms with Crippen LogP contribution in [0.3, 0.4) is 0 Å². The van der Waals surface area contributed by atoms with E-state index in [1.165, 1.54) is 60.7 Å². The SMILES string of the molecule is CNC(=O)c1c(-c2ccnc(OC)c2)oc2cc(N(C)S(C)(=O)=O)c(-c3ccc4c(n3)-c3cc5c(F)cccc5n3CO4)cc12.CNC(=O)c1c(-c2ccnc(OC)c2)oc2cc(N(C)S(C)(=O)=O)c(B3OC(C)(C)C(C)(C)O3)cc12.Fc1cccc2c1cc1n2COc2ccc(Cl)nc2-1. The molecule has 0 aliphatic carbocycles. The summed E-state index contributed by atoms with van der Waals surface area (Å²) in [6, 6.07) is 33.5. The average molecular weight is 1420 g/mol. The van der Waals surface area contributed by atoms with Crippen molar-refractivity contribution >= 4 is 111 Å². The van der Waals surface area contributed by atoms with Gasteiger partial charge in [0.25, 0.3) is 11.8 Å². The molecule has 3 aliphatic rings. The summed E-state index contributed by atoms with van der Waals surface area (Å²) in [6.07, 6.45) is 5.29. The number of ether oxygens (including phenoxy) is 4. The number of carbonyl (C=O) groups is 2. The molecule has 0 atom stereocenters. The number of anilines is 2. The van der Waals surface area contributed by atoms with Crippen LogP contribution in [0.15, 0.2) is 143 Å². The van der Waals surface area contributed by atoms with Gasteiger partial charge < -0.3 is 56.9 Å². The third kappa shape index (κ3) is 12.1. The molecule has 0 spiro atoms. The number of methoxy groups -OCH3 is 2. The average Bonchev–Trinajstić information content (AvgIpc) is 1.62. The second-order valence-corrected chi connectivity index (χ2v) is 29.0. The van der Waals surface area contributed by atoms with Crippen LogP contribution in [0.25, 0.3) is 100 Å². The zero-order valence-electron chi connectivity index (χ0n) is 55.9. The zero-order valence-corrected chi connectivity index (χ0v) is 58.3. The Bertz CT molecular complexity index is 5570. The summed E-state index contributed by atoms with van der Waals surface area (Å²) in [5.41, 5.74) is 6.85. The standard InChI is InChI=1S/C32H26FN5O6S.C24H30BN3O7S.C14H8ClFN2O/c1-34-32(39)29-20-13-19(22-8-9-26-30(36-22)25-14-18-21(33)6-5-7-23(18)38(25)16-43-26)24(37(2)45(4,40)41)15-27(20)44-31(29)17-10-11-35-28(12-17)42-3;1-23(2)24(3,4)35-25(34-23)16-12-15-18(13-17(16)28(6)36(8,30)31)33-21(20(15)22(29)26-5)14-9-10-27-19(11-14)32-7;15-13-5-4-12-14(17-13)11-6-8-9(16)2-1-3-10(8)18(11)7-19-12/h5-15H,16H2,1-4H3,(H,34,39);9-13H,1-8H3,(H,26,29);1-6H,7H2. The van der Waals surface area contributed by atoms with Crippen LogP contribution < -0.4 is 43.7 Å². The van der Waals surface area contributed by atoms with E-state index in [0.717, 1.165) is 32.3 Å². The first-order valence-corrected chi connectivity index (χ1v) is 35.0. The molecule has 1 saturated heterocycles. The molecule has 11 heterocycles. The number of nitrogens with one attached hydrogen (secondary N) is 2. The fourth-order valence-electron chi connectivity index (χ4n) is 12.0. The summed E-state index contributed by atoms with van der Waals surface area (Å²) in [5.74, 6) is 1.01. The molecule has 0 unspecified atom stereocenters. The Kier molecular flexibility index (Phi) is 17.4. The molecule has 1 fully saturated rings. The van der Waals surface area contributed by atoms with E-state index in [1.54, 1.807) is 103 Å². The number of aromatic nitrogens is 6. The molecule has 12 aromatic rings. The van der Waals surface area contributed by atoms with Crippen LogP contribution in [0.5, 0.6) is 23.3 Å². The molecule has 514 valence electrons. The van der Waals surface area contributed by atoms with Gasteiger partial charge in [0.1, 0.15) is 62.4 Å². The number of benzene rings is 4. The summed E-state index contributed by atoms with van der Waals surface area (Å²) in [5, 5.41) is 7.64. The monoisotopic (exact) mass is 1420 g/mol. The van der Waals surface area contributed by atoms with E-state index in [9.17, 15) is 35.2 Å². The molecule has 2 amide bonds. The molecule has 8 aromatic heterocycles. The third-order valence-corrected chi connectivity index (χ3v) is 20.7. The van der Waals surface area contributed by atoms with Crippen molar-refractivity contribution in [2.24, 2.45) is 0 Å². The van der Waals surface area contributed by atoms with Crippen molar-refractivity contribution in [1.82, 2.24) is 39.7 Å². The highest BCUT2D eigenvalue weighted by Gasteiger charge is 2.53. The Balaban J connectivity index is 0.000000145. The minimum atomic E-state index is -3.74. The summed E-state index contributed by atoms with van der Waals surface area (Å²) < 4.78 is 132. The highest BCUT2D eigenvalue weighted by atomic mass is 35.5. The maximum Gasteiger partial charge on any atom is 0.497 e. The van der Waals surface area contributed by atoms with Crippen LogP contribution in [0, 0.1) is 11.6 Å². The first-order chi connectivity index (χ1) is 47.5. The smallest absolute Gasteiger partial charge is 0.481 e. The first-order valence-electron chi connectivity index (χ1n) is 30.9. The lowest BCUT2D eigenvalue weighted by atomic mass is 9.77. The lowest BCUT2D eigenvalue weighted by molar-refractivity contribution is 0.00578. The van der Waals surface area contributed by atoms with Gasteiger partial charge in [-0.15, -0.1) is 0 Å². The highest BCUT2D eigenvalue weighted by molar-refractivity contribution is 7.92. The Hall–Kier alpha value is -10.6. The van der Waals surface area contributed by atoms with Gasteiger partial charge in [0, 0.05) is 109 Å². The molecule has 15 rings (SSSR count). The normalized spacial score (nSPS) is 14.1. The summed E-state index contributed by atoms with van der Waals surface area (Å²) in [4.78, 5) is 43.8. The lowest BCUT2D eigenvalue weighted by Crippen LogP contribution is -2.41. The predicted molar refractivity (Wildman–Crippen MR) is 376 cm³/mol. The molecule has 24 nitrogen and oxygen atoms in total. The molecule has 100 heavy (non-hydrogen) atoms. The molecular formula is C70H64BClF2N10O14S2. The molecular weight excluding hydrogens is 1350 g/mol. The zero-order chi connectivity index (χ0) is 71.2. The van der Waals surface area contributed by atoms with Crippen molar-refractivity contribution in [1.29, 1.82) is 0 Å². The predicted octanol–water partition coefficient (Wildman–Crippen LogP) is 11.8. The van der Waals surface area contributed by atoms with E-state index >= 15 is 0 Å². The van der Waals surface area contributed by atoms with Gasteiger partial charge in [0.05, 0.1) is 88.6 Å². The van der Waals surface area contributed by atoms with Crippen molar-refractivity contribution in [2.75, 3.05) is 63.5 Å². The summed E-state index contributed by atoms with van der Waals surface area (Å²) in [7, 11) is 0.631. The van der Waals surface area contributed by atoms with Crippen LogP contribution in [0.4, 0.5) is 20.2 Å². The fraction of sp³-hybridized carbons (Fsp3) is 0.229. The number of furan rings is 2. The van der Waals surface area contributed by atoms with Crippen LogP contribution >= 0.6 is 11.6 Å². The van der Waals surface area contributed by atoms with Gasteiger partial charge in [0.2, 0.25) is 31.8 Å². The molecule has 4 aromatic carbocycles. The minimum Gasteiger partial charge on any atom is -0.481 e. The minimum absolute atomic E-state index is 0.178. The molecule has 0 bridgehead atoms. The van der Waals surface area contributed by atoms with E-state index in [0.29, 0.717) is 124 Å². The second-order valence-electron chi connectivity index (χ2n) is 24.6.